The smallest absolute Gasteiger partial charge is 0.261 e. The van der Waals surface area contributed by atoms with E-state index >= 15 is 0 Å². The summed E-state index contributed by atoms with van der Waals surface area (Å²) in [5.41, 5.74) is 3.29. The number of hydrogen-bond donors (Lipinski definition) is 1. The van der Waals surface area contributed by atoms with Crippen LogP contribution in [-0.4, -0.2) is 35.4 Å². The van der Waals surface area contributed by atoms with Crippen LogP contribution in [0.15, 0.2) is 46.9 Å². The number of nitrogens with zero attached hydrogens (tertiary/aromatic N) is 1. The second-order valence-corrected chi connectivity index (χ2v) is 9.33. The van der Waals surface area contributed by atoms with E-state index in [-0.39, 0.29) is 24.5 Å². The molecule has 31 heavy (non-hydrogen) atoms. The van der Waals surface area contributed by atoms with E-state index in [0.29, 0.717) is 18.2 Å². The minimum atomic E-state index is -0.619. The van der Waals surface area contributed by atoms with Crippen molar-refractivity contribution in [2.24, 2.45) is 0 Å². The van der Waals surface area contributed by atoms with Gasteiger partial charge in [-0.2, -0.15) is 0 Å². The third-order valence-corrected chi connectivity index (χ3v) is 5.67. The van der Waals surface area contributed by atoms with Crippen LogP contribution in [0.25, 0.3) is 0 Å². The van der Waals surface area contributed by atoms with Gasteiger partial charge < -0.3 is 15.0 Å². The van der Waals surface area contributed by atoms with Gasteiger partial charge in [-0.25, -0.2) is 0 Å². The zero-order chi connectivity index (χ0) is 23.1. The monoisotopic (exact) mass is 488 g/mol. The lowest BCUT2D eigenvalue weighted by Gasteiger charge is -2.29. The molecule has 1 N–H and O–H groups in total. The number of halogens is 1. The Labute approximate surface area is 194 Å². The van der Waals surface area contributed by atoms with Crippen LogP contribution in [0, 0.1) is 6.92 Å². The molecule has 0 heterocycles. The maximum absolute atomic E-state index is 13.1. The molecule has 0 aliphatic carbocycles. The Balaban J connectivity index is 2.16. The summed E-state index contributed by atoms with van der Waals surface area (Å²) < 4.78 is 6.62. The Hall–Kier alpha value is -2.34. The SMILES string of the molecule is Cc1ccc(CN(C(=O)COc2ccc(C(C)C)cc2Br)[C@@H](C)C(=O)NC(C)C)cc1. The number of ether oxygens (including phenoxy) is 1. The Bertz CT molecular complexity index is 894. The van der Waals surface area contributed by atoms with Crippen LogP contribution in [-0.2, 0) is 16.1 Å². The van der Waals surface area contributed by atoms with Crippen LogP contribution < -0.4 is 10.1 Å². The molecule has 0 spiro atoms. The first-order chi connectivity index (χ1) is 14.6. The quantitative estimate of drug-likeness (QED) is 0.527. The summed E-state index contributed by atoms with van der Waals surface area (Å²) in [6.07, 6.45) is 0. The number of amides is 2. The number of carbonyl (C=O) groups excluding carboxylic acids is 2. The molecule has 5 nitrogen and oxygen atoms in total. The van der Waals surface area contributed by atoms with Gasteiger partial charge in [-0.05, 0) is 72.8 Å². The van der Waals surface area contributed by atoms with Crippen LogP contribution in [0.2, 0.25) is 0 Å². The normalized spacial score (nSPS) is 12.0. The van der Waals surface area contributed by atoms with E-state index in [4.69, 9.17) is 4.74 Å². The number of benzene rings is 2. The fraction of sp³-hybridized carbons (Fsp3) is 0.440. The summed E-state index contributed by atoms with van der Waals surface area (Å²) in [7, 11) is 0. The molecule has 0 aromatic heterocycles. The van der Waals surface area contributed by atoms with Gasteiger partial charge in [0.15, 0.2) is 6.61 Å². The van der Waals surface area contributed by atoms with Gasteiger partial charge in [-0.1, -0.05) is 49.7 Å². The molecule has 2 aromatic rings. The molecule has 0 unspecified atom stereocenters. The second kappa shape index (κ2) is 11.3. The predicted molar refractivity (Wildman–Crippen MR) is 128 cm³/mol. The van der Waals surface area contributed by atoms with E-state index in [1.807, 2.05) is 63.2 Å². The van der Waals surface area contributed by atoms with E-state index < -0.39 is 6.04 Å². The number of aryl methyl sites for hydroxylation is 1. The van der Waals surface area contributed by atoms with E-state index in [1.165, 1.54) is 5.56 Å². The van der Waals surface area contributed by atoms with Crippen molar-refractivity contribution < 1.29 is 14.3 Å². The van der Waals surface area contributed by atoms with Gasteiger partial charge in [0.05, 0.1) is 4.47 Å². The molecule has 2 aromatic carbocycles. The lowest BCUT2D eigenvalue weighted by atomic mass is 10.0. The summed E-state index contributed by atoms with van der Waals surface area (Å²) in [4.78, 5) is 27.3. The van der Waals surface area contributed by atoms with Crippen molar-refractivity contribution in [2.45, 2.75) is 66.1 Å². The molecule has 0 radical (unpaired) electrons. The molecular formula is C25H33BrN2O3. The van der Waals surface area contributed by atoms with Crippen molar-refractivity contribution in [1.29, 1.82) is 0 Å². The van der Waals surface area contributed by atoms with Gasteiger partial charge in [0.2, 0.25) is 5.91 Å². The first-order valence-corrected chi connectivity index (χ1v) is 11.5. The summed E-state index contributed by atoms with van der Waals surface area (Å²) in [6, 6.07) is 13.2. The van der Waals surface area contributed by atoms with Gasteiger partial charge in [0, 0.05) is 12.6 Å². The molecule has 0 aliphatic rings. The molecular weight excluding hydrogens is 456 g/mol. The summed E-state index contributed by atoms with van der Waals surface area (Å²) >= 11 is 3.53. The van der Waals surface area contributed by atoms with Crippen LogP contribution in [0.3, 0.4) is 0 Å². The lowest BCUT2D eigenvalue weighted by Crippen LogP contribution is -2.50. The van der Waals surface area contributed by atoms with Crippen molar-refractivity contribution in [3.8, 4) is 5.75 Å². The van der Waals surface area contributed by atoms with Crippen molar-refractivity contribution in [2.75, 3.05) is 6.61 Å². The molecule has 2 rings (SSSR count). The van der Waals surface area contributed by atoms with Crippen molar-refractivity contribution >= 4 is 27.7 Å². The zero-order valence-electron chi connectivity index (χ0n) is 19.2. The lowest BCUT2D eigenvalue weighted by molar-refractivity contribution is -0.142. The second-order valence-electron chi connectivity index (χ2n) is 8.48. The van der Waals surface area contributed by atoms with Gasteiger partial charge in [-0.15, -0.1) is 0 Å². The molecule has 168 valence electrons. The summed E-state index contributed by atoms with van der Waals surface area (Å²) in [5.74, 6) is 0.578. The molecule has 1 atom stereocenters. The first-order valence-electron chi connectivity index (χ1n) is 10.7. The maximum Gasteiger partial charge on any atom is 0.261 e. The number of rotatable bonds is 9. The largest absolute Gasteiger partial charge is 0.483 e. The summed E-state index contributed by atoms with van der Waals surface area (Å²) in [6.45, 7) is 12.0. The van der Waals surface area contributed by atoms with Crippen LogP contribution >= 0.6 is 15.9 Å². The molecule has 6 heteroatoms. The van der Waals surface area contributed by atoms with E-state index in [2.05, 4.69) is 35.1 Å². The van der Waals surface area contributed by atoms with E-state index in [0.717, 1.165) is 15.6 Å². The van der Waals surface area contributed by atoms with E-state index in [1.54, 1.807) is 11.8 Å². The highest BCUT2D eigenvalue weighted by Gasteiger charge is 2.27. The highest BCUT2D eigenvalue weighted by atomic mass is 79.9. The summed E-state index contributed by atoms with van der Waals surface area (Å²) in [5, 5.41) is 2.89. The standard InChI is InChI=1S/C25H33BrN2O3/c1-16(2)21-11-12-23(22(26)13-21)31-15-24(29)28(19(6)25(30)27-17(3)4)14-20-9-7-18(5)8-10-20/h7-13,16-17,19H,14-15H2,1-6H3,(H,27,30)/t19-/m0/s1. The third-order valence-electron chi connectivity index (χ3n) is 5.05. The van der Waals surface area contributed by atoms with Crippen molar-refractivity contribution in [3.63, 3.8) is 0 Å². The highest BCUT2D eigenvalue weighted by molar-refractivity contribution is 9.10. The predicted octanol–water partition coefficient (Wildman–Crippen LogP) is 5.20. The van der Waals surface area contributed by atoms with Gasteiger partial charge >= 0.3 is 0 Å². The van der Waals surface area contributed by atoms with Gasteiger partial charge in [-0.3, -0.25) is 9.59 Å². The first kappa shape index (κ1) is 24.9. The van der Waals surface area contributed by atoms with Crippen molar-refractivity contribution in [1.82, 2.24) is 10.2 Å². The number of hydrogen-bond acceptors (Lipinski definition) is 3. The Kier molecular flexibility index (Phi) is 9.11. The molecule has 2 amide bonds. The average molecular weight is 489 g/mol. The van der Waals surface area contributed by atoms with Gasteiger partial charge in [0.1, 0.15) is 11.8 Å². The van der Waals surface area contributed by atoms with Crippen molar-refractivity contribution in [3.05, 3.63) is 63.6 Å². The average Bonchev–Trinajstić information content (AvgIpc) is 2.71. The fourth-order valence-corrected chi connectivity index (χ4v) is 3.60. The Morgan fingerprint density at radius 3 is 2.23 bits per heavy atom. The molecule has 0 saturated carbocycles. The van der Waals surface area contributed by atoms with Crippen LogP contribution in [0.4, 0.5) is 0 Å². The molecule has 0 bridgehead atoms. The topological polar surface area (TPSA) is 58.6 Å². The number of carbonyl (C=O) groups is 2. The van der Waals surface area contributed by atoms with Crippen LogP contribution in [0.1, 0.15) is 57.2 Å². The highest BCUT2D eigenvalue weighted by Crippen LogP contribution is 2.29. The zero-order valence-corrected chi connectivity index (χ0v) is 20.8. The third kappa shape index (κ3) is 7.39. The Morgan fingerprint density at radius 2 is 1.68 bits per heavy atom. The fourth-order valence-electron chi connectivity index (χ4n) is 3.09. The maximum atomic E-state index is 13.1. The Morgan fingerprint density at radius 1 is 1.03 bits per heavy atom. The number of nitrogens with one attached hydrogen (secondary N) is 1. The van der Waals surface area contributed by atoms with Crippen LogP contribution in [0.5, 0.6) is 5.75 Å². The van der Waals surface area contributed by atoms with E-state index in [9.17, 15) is 9.59 Å². The molecule has 0 fully saturated rings. The molecule has 0 saturated heterocycles. The minimum absolute atomic E-state index is 0.00189. The molecule has 0 aliphatic heterocycles. The minimum Gasteiger partial charge on any atom is -0.483 e. The van der Waals surface area contributed by atoms with Gasteiger partial charge in [0.25, 0.3) is 5.91 Å².